The van der Waals surface area contributed by atoms with Crippen molar-refractivity contribution in [2.75, 3.05) is 44.2 Å². The first-order valence-corrected chi connectivity index (χ1v) is 14.7. The standard InChI is InChI=1S/C28H36N4O3S/c33-22-14-19-13-21(22)25-24(19)27(34)32(28(25)35)16-18-6-2-1-5-17(18)15-30-9-11-31(12-10-30)26-20-7-3-4-8-23(20)36-29-26/h3-4,7-8,17-19,21-22,24-25,33H,1-2,5-6,9-16H2/t17-,18-,19+,21-,22-,24+,25-/m0/s1. The molecule has 0 spiro atoms. The minimum absolute atomic E-state index is 0.00901. The van der Waals surface area contributed by atoms with Crippen molar-refractivity contribution in [2.45, 2.75) is 44.6 Å². The first-order valence-electron chi connectivity index (χ1n) is 13.9. The number of anilines is 1. The number of likely N-dealkylation sites (tertiary alicyclic amines) is 1. The first-order chi connectivity index (χ1) is 17.6. The normalized spacial score (nSPS) is 36.9. The van der Waals surface area contributed by atoms with E-state index < -0.39 is 6.10 Å². The van der Waals surface area contributed by atoms with Gasteiger partial charge in [-0.1, -0.05) is 25.0 Å². The van der Waals surface area contributed by atoms with E-state index in [1.165, 1.54) is 29.3 Å². The van der Waals surface area contributed by atoms with Crippen LogP contribution in [-0.4, -0.2) is 76.5 Å². The van der Waals surface area contributed by atoms with Gasteiger partial charge >= 0.3 is 0 Å². The van der Waals surface area contributed by atoms with Crippen LogP contribution in [-0.2, 0) is 9.59 Å². The van der Waals surface area contributed by atoms with Crippen LogP contribution in [0.25, 0.3) is 10.1 Å². The van der Waals surface area contributed by atoms with Crippen molar-refractivity contribution >= 4 is 39.3 Å². The van der Waals surface area contributed by atoms with Crippen LogP contribution in [0.5, 0.6) is 0 Å². The summed E-state index contributed by atoms with van der Waals surface area (Å²) in [6.07, 6.45) is 5.90. The fourth-order valence-corrected chi connectivity index (χ4v) is 9.04. The minimum atomic E-state index is -0.392. The number of aromatic nitrogens is 1. The van der Waals surface area contributed by atoms with Crippen molar-refractivity contribution in [3.63, 3.8) is 0 Å². The molecule has 3 saturated carbocycles. The van der Waals surface area contributed by atoms with Gasteiger partial charge in [-0.05, 0) is 73.0 Å². The van der Waals surface area contributed by atoms with Crippen LogP contribution < -0.4 is 4.90 Å². The van der Waals surface area contributed by atoms with Crippen molar-refractivity contribution in [3.05, 3.63) is 24.3 Å². The Morgan fingerprint density at radius 3 is 2.44 bits per heavy atom. The Hall–Kier alpha value is -2.03. The Balaban J connectivity index is 0.988. The van der Waals surface area contributed by atoms with Gasteiger partial charge in [0, 0.05) is 44.7 Å². The lowest BCUT2D eigenvalue weighted by Gasteiger charge is -2.40. The SMILES string of the molecule is O=C1[C@@H]2[C@@H]3C[C@H]([C@@H]2C(=O)N1C[C@@H]1CCCC[C@H]1CN1CCN(c2nsc4ccccc24)CC1)[C@@H](O)C3. The zero-order valence-electron chi connectivity index (χ0n) is 20.8. The lowest BCUT2D eigenvalue weighted by Crippen LogP contribution is -2.49. The number of rotatable bonds is 5. The Morgan fingerprint density at radius 1 is 0.917 bits per heavy atom. The molecule has 3 aliphatic carbocycles. The predicted molar refractivity (Wildman–Crippen MR) is 140 cm³/mol. The summed E-state index contributed by atoms with van der Waals surface area (Å²) < 4.78 is 6.00. The van der Waals surface area contributed by atoms with Gasteiger partial charge in [0.1, 0.15) is 5.82 Å². The van der Waals surface area contributed by atoms with Crippen molar-refractivity contribution in [1.82, 2.24) is 14.2 Å². The number of carbonyl (C=O) groups is 2. The molecule has 5 fully saturated rings. The van der Waals surface area contributed by atoms with E-state index in [1.807, 2.05) is 0 Å². The molecule has 192 valence electrons. The average molecular weight is 509 g/mol. The summed E-state index contributed by atoms with van der Waals surface area (Å²) in [7, 11) is 0. The van der Waals surface area contributed by atoms with Gasteiger partial charge in [0.15, 0.2) is 0 Å². The topological polar surface area (TPSA) is 77.0 Å². The second-order valence-electron chi connectivity index (χ2n) is 11.9. The highest BCUT2D eigenvalue weighted by Crippen LogP contribution is 2.56. The van der Waals surface area contributed by atoms with Crippen molar-refractivity contribution in [3.8, 4) is 0 Å². The molecule has 3 heterocycles. The quantitative estimate of drug-likeness (QED) is 0.625. The molecule has 2 aliphatic heterocycles. The number of fused-ring (bicyclic) bond motifs is 6. The molecule has 2 saturated heterocycles. The van der Waals surface area contributed by atoms with Gasteiger partial charge in [-0.3, -0.25) is 19.4 Å². The molecule has 0 radical (unpaired) electrons. The summed E-state index contributed by atoms with van der Waals surface area (Å²) in [6.45, 7) is 5.69. The molecule has 2 bridgehead atoms. The number of carbonyl (C=O) groups excluding carboxylic acids is 2. The molecule has 2 aromatic rings. The molecular weight excluding hydrogens is 472 g/mol. The monoisotopic (exact) mass is 508 g/mol. The molecule has 8 heteroatoms. The number of hydrogen-bond donors (Lipinski definition) is 1. The second kappa shape index (κ2) is 9.07. The van der Waals surface area contributed by atoms with Crippen LogP contribution in [0.2, 0.25) is 0 Å². The van der Waals surface area contributed by atoms with E-state index in [0.29, 0.717) is 24.8 Å². The number of piperazine rings is 1. The molecule has 7 atom stereocenters. The Kier molecular flexibility index (Phi) is 5.82. The van der Waals surface area contributed by atoms with Gasteiger partial charge in [-0.25, -0.2) is 0 Å². The van der Waals surface area contributed by atoms with Crippen molar-refractivity contribution in [1.29, 1.82) is 0 Å². The molecule has 5 aliphatic rings. The number of amides is 2. The zero-order chi connectivity index (χ0) is 24.4. The van der Waals surface area contributed by atoms with Crippen LogP contribution in [0.15, 0.2) is 24.3 Å². The van der Waals surface area contributed by atoms with Gasteiger partial charge in [0.25, 0.3) is 0 Å². The molecule has 0 unspecified atom stereocenters. The largest absolute Gasteiger partial charge is 0.393 e. The van der Waals surface area contributed by atoms with Crippen LogP contribution in [0, 0.1) is 35.5 Å². The van der Waals surface area contributed by atoms with Crippen LogP contribution >= 0.6 is 11.5 Å². The van der Waals surface area contributed by atoms with Gasteiger partial charge in [0.2, 0.25) is 11.8 Å². The average Bonchev–Trinajstić information content (AvgIpc) is 3.64. The molecule has 36 heavy (non-hydrogen) atoms. The highest BCUT2D eigenvalue weighted by Gasteiger charge is 2.63. The van der Waals surface area contributed by atoms with Crippen molar-refractivity contribution in [2.24, 2.45) is 35.5 Å². The van der Waals surface area contributed by atoms with E-state index in [2.05, 4.69) is 34.1 Å². The summed E-state index contributed by atoms with van der Waals surface area (Å²) in [5.74, 6) is 1.97. The number of benzene rings is 1. The van der Waals surface area contributed by atoms with E-state index in [4.69, 9.17) is 4.37 Å². The summed E-state index contributed by atoms with van der Waals surface area (Å²) in [5.41, 5.74) is 0. The van der Waals surface area contributed by atoms with E-state index in [1.54, 1.807) is 16.4 Å². The molecule has 7 rings (SSSR count). The van der Waals surface area contributed by atoms with Crippen molar-refractivity contribution < 1.29 is 14.7 Å². The first kappa shape index (κ1) is 23.1. The van der Waals surface area contributed by atoms with Gasteiger partial charge in [0.05, 0.1) is 22.6 Å². The number of hydrogen-bond acceptors (Lipinski definition) is 7. The second-order valence-corrected chi connectivity index (χ2v) is 12.7. The van der Waals surface area contributed by atoms with E-state index in [-0.39, 0.29) is 35.5 Å². The summed E-state index contributed by atoms with van der Waals surface area (Å²) >= 11 is 1.58. The minimum Gasteiger partial charge on any atom is -0.393 e. The Labute approximate surface area is 216 Å². The number of imide groups is 1. The molecule has 2 amide bonds. The lowest BCUT2D eigenvalue weighted by atomic mass is 9.78. The molecule has 1 N–H and O–H groups in total. The maximum absolute atomic E-state index is 13.3. The van der Waals surface area contributed by atoms with E-state index in [9.17, 15) is 14.7 Å². The summed E-state index contributed by atoms with van der Waals surface area (Å²) in [6, 6.07) is 8.49. The van der Waals surface area contributed by atoms with Crippen LogP contribution in [0.3, 0.4) is 0 Å². The van der Waals surface area contributed by atoms with Crippen LogP contribution in [0.4, 0.5) is 5.82 Å². The molecular formula is C28H36N4O3S. The third kappa shape index (κ3) is 3.71. The number of nitrogens with zero attached hydrogens (tertiary/aromatic N) is 4. The molecule has 7 nitrogen and oxygen atoms in total. The molecule has 1 aromatic carbocycles. The van der Waals surface area contributed by atoms with E-state index >= 15 is 0 Å². The maximum Gasteiger partial charge on any atom is 0.233 e. The number of aliphatic hydroxyl groups is 1. The zero-order valence-corrected chi connectivity index (χ0v) is 21.6. The van der Waals surface area contributed by atoms with Gasteiger partial charge in [-0.15, -0.1) is 0 Å². The summed E-state index contributed by atoms with van der Waals surface area (Å²) in [4.78, 5) is 33.3. The van der Waals surface area contributed by atoms with Crippen LogP contribution in [0.1, 0.15) is 38.5 Å². The third-order valence-electron chi connectivity index (χ3n) is 10.1. The predicted octanol–water partition coefficient (Wildman–Crippen LogP) is 3.23. The Morgan fingerprint density at radius 2 is 1.64 bits per heavy atom. The Bertz CT molecular complexity index is 1160. The maximum atomic E-state index is 13.3. The lowest BCUT2D eigenvalue weighted by molar-refractivity contribution is -0.142. The van der Waals surface area contributed by atoms with Gasteiger partial charge < -0.3 is 10.0 Å². The smallest absolute Gasteiger partial charge is 0.233 e. The molecule has 1 aromatic heterocycles. The van der Waals surface area contributed by atoms with E-state index in [0.717, 1.165) is 51.4 Å². The third-order valence-corrected chi connectivity index (χ3v) is 10.9. The van der Waals surface area contributed by atoms with Gasteiger partial charge in [-0.2, -0.15) is 4.37 Å². The summed E-state index contributed by atoms with van der Waals surface area (Å²) in [5, 5.41) is 11.6. The highest BCUT2D eigenvalue weighted by molar-refractivity contribution is 7.13. The highest BCUT2D eigenvalue weighted by atomic mass is 32.1. The fraction of sp³-hybridized carbons (Fsp3) is 0.679. The fourth-order valence-electron chi connectivity index (χ4n) is 8.24. The number of aliphatic hydroxyl groups excluding tert-OH is 1.